The minimum atomic E-state index is -0.231. The monoisotopic (exact) mass is 439 g/mol. The number of hydrogen-bond donors (Lipinski definition) is 2. The third kappa shape index (κ3) is 4.55. The van der Waals surface area contributed by atoms with Crippen molar-refractivity contribution in [2.45, 2.75) is 11.6 Å². The molecule has 0 atom stereocenters. The van der Waals surface area contributed by atoms with Crippen molar-refractivity contribution in [2.24, 2.45) is 0 Å². The Labute approximate surface area is 181 Å². The van der Waals surface area contributed by atoms with E-state index in [1.165, 1.54) is 22.5 Å². The van der Waals surface area contributed by atoms with Crippen molar-refractivity contribution in [2.75, 3.05) is 12.3 Å². The van der Waals surface area contributed by atoms with Crippen molar-refractivity contribution in [3.8, 4) is 5.69 Å². The molecule has 0 aliphatic carbocycles. The number of H-pyrrole nitrogens is 1. The van der Waals surface area contributed by atoms with Crippen LogP contribution < -0.4 is 10.9 Å². The number of nitrogens with zero attached hydrogens (tertiary/aromatic N) is 3. The Morgan fingerprint density at radius 2 is 1.90 bits per heavy atom. The number of aromatic nitrogens is 4. The molecule has 0 spiro atoms. The molecule has 152 valence electrons. The molecule has 2 heterocycles. The van der Waals surface area contributed by atoms with Crippen LogP contribution in [0, 0.1) is 0 Å². The standard InChI is InChI=1S/C21H18ClN5O2S/c22-15-8-6-14(7-9-15)10-11-23-18(28)13-30-21-25-19-17(12-24-26-19)20(29)27(21)16-4-2-1-3-5-16/h1-9,12H,10-11,13H2,(H,23,28)(H,24,26). The van der Waals surface area contributed by atoms with Crippen LogP contribution in [0.15, 0.2) is 70.7 Å². The lowest BCUT2D eigenvalue weighted by molar-refractivity contribution is -0.118. The fraction of sp³-hybridized carbons (Fsp3) is 0.143. The fourth-order valence-corrected chi connectivity index (χ4v) is 3.92. The molecule has 4 aromatic rings. The molecule has 9 heteroatoms. The van der Waals surface area contributed by atoms with Crippen LogP contribution in [0.1, 0.15) is 5.56 Å². The van der Waals surface area contributed by atoms with Gasteiger partial charge in [0.25, 0.3) is 5.56 Å². The zero-order valence-electron chi connectivity index (χ0n) is 15.8. The smallest absolute Gasteiger partial charge is 0.269 e. The van der Waals surface area contributed by atoms with Gasteiger partial charge in [0.05, 0.1) is 17.6 Å². The lowest BCUT2D eigenvalue weighted by atomic mass is 10.1. The predicted octanol–water partition coefficient (Wildman–Crippen LogP) is 3.21. The maximum Gasteiger partial charge on any atom is 0.269 e. The summed E-state index contributed by atoms with van der Waals surface area (Å²) in [7, 11) is 0. The molecular formula is C21H18ClN5O2S. The van der Waals surface area contributed by atoms with Gasteiger partial charge >= 0.3 is 0 Å². The highest BCUT2D eigenvalue weighted by Crippen LogP contribution is 2.20. The van der Waals surface area contributed by atoms with E-state index in [2.05, 4.69) is 20.5 Å². The van der Waals surface area contributed by atoms with Crippen molar-refractivity contribution in [1.29, 1.82) is 0 Å². The van der Waals surface area contributed by atoms with E-state index in [1.54, 1.807) is 0 Å². The summed E-state index contributed by atoms with van der Waals surface area (Å²) >= 11 is 7.09. The van der Waals surface area contributed by atoms with E-state index in [4.69, 9.17) is 11.6 Å². The van der Waals surface area contributed by atoms with Crippen LogP contribution in [-0.4, -0.2) is 38.0 Å². The first-order chi connectivity index (χ1) is 14.6. The highest BCUT2D eigenvalue weighted by molar-refractivity contribution is 7.99. The minimum absolute atomic E-state index is 0.132. The molecule has 0 radical (unpaired) electrons. The number of thioether (sulfide) groups is 1. The van der Waals surface area contributed by atoms with Crippen LogP contribution >= 0.6 is 23.4 Å². The summed E-state index contributed by atoms with van der Waals surface area (Å²) in [6, 6.07) is 16.7. The largest absolute Gasteiger partial charge is 0.355 e. The zero-order chi connectivity index (χ0) is 20.9. The summed E-state index contributed by atoms with van der Waals surface area (Å²) in [5.74, 6) is 0.00651. The fourth-order valence-electron chi connectivity index (χ4n) is 2.95. The average molecular weight is 440 g/mol. The summed E-state index contributed by atoms with van der Waals surface area (Å²) in [5, 5.41) is 11.0. The maximum absolute atomic E-state index is 12.9. The molecule has 2 aromatic heterocycles. The van der Waals surface area contributed by atoms with Crippen LogP contribution in [-0.2, 0) is 11.2 Å². The van der Waals surface area contributed by atoms with Crippen LogP contribution in [0.3, 0.4) is 0 Å². The molecule has 2 N–H and O–H groups in total. The minimum Gasteiger partial charge on any atom is -0.355 e. The SMILES string of the molecule is O=C(CSc1nc2[nH]ncc2c(=O)n1-c1ccccc1)NCCc1ccc(Cl)cc1. The van der Waals surface area contributed by atoms with E-state index >= 15 is 0 Å². The van der Waals surface area contributed by atoms with Gasteiger partial charge < -0.3 is 5.32 Å². The summed E-state index contributed by atoms with van der Waals surface area (Å²) in [6.07, 6.45) is 2.17. The van der Waals surface area contributed by atoms with E-state index < -0.39 is 0 Å². The number of halogens is 1. The van der Waals surface area contributed by atoms with Gasteiger partial charge in [0.1, 0.15) is 5.39 Å². The van der Waals surface area contributed by atoms with Crippen LogP contribution in [0.4, 0.5) is 0 Å². The molecule has 0 fully saturated rings. The second kappa shape index (κ2) is 9.15. The van der Waals surface area contributed by atoms with Gasteiger partial charge in [0.15, 0.2) is 10.8 Å². The van der Waals surface area contributed by atoms with Gasteiger partial charge in [-0.05, 0) is 36.2 Å². The Morgan fingerprint density at radius 1 is 1.13 bits per heavy atom. The van der Waals surface area contributed by atoms with Crippen LogP contribution in [0.5, 0.6) is 0 Å². The molecule has 0 aliphatic rings. The highest BCUT2D eigenvalue weighted by Gasteiger charge is 2.15. The van der Waals surface area contributed by atoms with Gasteiger partial charge in [-0.1, -0.05) is 53.7 Å². The van der Waals surface area contributed by atoms with Crippen molar-refractivity contribution < 1.29 is 4.79 Å². The Hall–Kier alpha value is -3.10. The quantitative estimate of drug-likeness (QED) is 0.340. The van der Waals surface area contributed by atoms with Gasteiger partial charge in [-0.2, -0.15) is 5.10 Å². The Balaban J connectivity index is 1.46. The second-order valence-electron chi connectivity index (χ2n) is 6.52. The molecule has 0 unspecified atom stereocenters. The third-order valence-electron chi connectivity index (χ3n) is 4.45. The lowest BCUT2D eigenvalue weighted by Crippen LogP contribution is -2.28. The van der Waals surface area contributed by atoms with E-state index in [1.807, 2.05) is 54.6 Å². The Kier molecular flexibility index (Phi) is 6.15. The molecular weight excluding hydrogens is 422 g/mol. The van der Waals surface area contributed by atoms with E-state index in [9.17, 15) is 9.59 Å². The van der Waals surface area contributed by atoms with Crippen LogP contribution in [0.2, 0.25) is 5.02 Å². The summed E-state index contributed by atoms with van der Waals surface area (Å²) < 4.78 is 1.50. The van der Waals surface area contributed by atoms with E-state index in [0.717, 1.165) is 5.56 Å². The maximum atomic E-state index is 12.9. The first kappa shape index (κ1) is 20.2. The Bertz CT molecular complexity index is 1220. The summed E-state index contributed by atoms with van der Waals surface area (Å²) in [5.41, 5.74) is 1.95. The third-order valence-corrected chi connectivity index (χ3v) is 5.64. The number of amides is 1. The molecule has 0 saturated carbocycles. The molecule has 0 bridgehead atoms. The first-order valence-electron chi connectivity index (χ1n) is 9.27. The average Bonchev–Trinajstić information content (AvgIpc) is 3.23. The Morgan fingerprint density at radius 3 is 2.67 bits per heavy atom. The lowest BCUT2D eigenvalue weighted by Gasteiger charge is -2.12. The van der Waals surface area contributed by atoms with Gasteiger partial charge in [0, 0.05) is 11.6 Å². The number of hydrogen-bond acceptors (Lipinski definition) is 5. The van der Waals surface area contributed by atoms with Gasteiger partial charge in [-0.3, -0.25) is 19.3 Å². The molecule has 4 rings (SSSR count). The van der Waals surface area contributed by atoms with E-state index in [0.29, 0.717) is 39.9 Å². The number of fused-ring (bicyclic) bond motifs is 1. The van der Waals surface area contributed by atoms with Crippen LogP contribution in [0.25, 0.3) is 16.7 Å². The number of benzene rings is 2. The number of aromatic amines is 1. The molecule has 0 saturated heterocycles. The number of rotatable bonds is 7. The van der Waals surface area contributed by atoms with Crippen molar-refractivity contribution in [1.82, 2.24) is 25.1 Å². The summed E-state index contributed by atoms with van der Waals surface area (Å²) in [4.78, 5) is 29.8. The molecule has 1 amide bonds. The van der Waals surface area contributed by atoms with Crippen molar-refractivity contribution in [3.63, 3.8) is 0 Å². The number of carbonyl (C=O) groups excluding carboxylic acids is 1. The first-order valence-corrected chi connectivity index (χ1v) is 10.6. The molecule has 0 aliphatic heterocycles. The highest BCUT2D eigenvalue weighted by atomic mass is 35.5. The summed E-state index contributed by atoms with van der Waals surface area (Å²) in [6.45, 7) is 0.513. The molecule has 30 heavy (non-hydrogen) atoms. The van der Waals surface area contributed by atoms with Gasteiger partial charge in [-0.25, -0.2) is 4.98 Å². The number of carbonyl (C=O) groups is 1. The van der Waals surface area contributed by atoms with Gasteiger partial charge in [-0.15, -0.1) is 0 Å². The van der Waals surface area contributed by atoms with E-state index in [-0.39, 0.29) is 17.2 Å². The predicted molar refractivity (Wildman–Crippen MR) is 118 cm³/mol. The number of para-hydroxylation sites is 1. The van der Waals surface area contributed by atoms with Gasteiger partial charge in [0.2, 0.25) is 5.91 Å². The number of nitrogens with one attached hydrogen (secondary N) is 2. The van der Waals surface area contributed by atoms with Crippen molar-refractivity contribution in [3.05, 3.63) is 81.7 Å². The van der Waals surface area contributed by atoms with Crippen molar-refractivity contribution >= 4 is 40.3 Å². The topological polar surface area (TPSA) is 92.7 Å². The zero-order valence-corrected chi connectivity index (χ0v) is 17.4. The molecule has 7 nitrogen and oxygen atoms in total. The molecule has 2 aromatic carbocycles. The second-order valence-corrected chi connectivity index (χ2v) is 7.90. The normalized spacial score (nSPS) is 11.0.